The maximum atomic E-state index is 13.6. The molecule has 0 aliphatic carbocycles. The molecule has 1 saturated heterocycles. The van der Waals surface area contributed by atoms with Crippen molar-refractivity contribution in [2.45, 2.75) is 59.6 Å². The van der Waals surface area contributed by atoms with Crippen LogP contribution in [0.15, 0.2) is 18.3 Å². The van der Waals surface area contributed by atoms with Crippen LogP contribution in [-0.2, 0) is 4.74 Å². The number of amides is 1. The molecule has 0 bridgehead atoms. The first-order chi connectivity index (χ1) is 14.4. The lowest BCUT2D eigenvalue weighted by atomic mass is 10.0. The number of carbonyl (C=O) groups excluding carboxylic acids is 1. The Balaban J connectivity index is 1.76. The monoisotopic (exact) mass is 426 g/mol. The number of aromatic nitrogens is 3. The van der Waals surface area contributed by atoms with E-state index in [4.69, 9.17) is 9.72 Å². The minimum absolute atomic E-state index is 0.0616. The maximum Gasteiger partial charge on any atom is 0.254 e. The molecule has 0 spiro atoms. The Morgan fingerprint density at radius 2 is 2.00 bits per heavy atom. The summed E-state index contributed by atoms with van der Waals surface area (Å²) in [5, 5.41) is 5.38. The van der Waals surface area contributed by atoms with Crippen LogP contribution >= 0.6 is 11.3 Å². The molecule has 1 fully saturated rings. The summed E-state index contributed by atoms with van der Waals surface area (Å²) in [4.78, 5) is 22.9. The summed E-state index contributed by atoms with van der Waals surface area (Å²) in [6.45, 7) is 12.6. The highest BCUT2D eigenvalue weighted by Crippen LogP contribution is 2.33. The van der Waals surface area contributed by atoms with Gasteiger partial charge in [-0.1, -0.05) is 0 Å². The molecule has 1 aliphatic heterocycles. The van der Waals surface area contributed by atoms with Gasteiger partial charge in [0.1, 0.15) is 0 Å². The van der Waals surface area contributed by atoms with E-state index >= 15 is 0 Å². The molecular formula is C23H30N4O2S. The van der Waals surface area contributed by atoms with Crippen LogP contribution in [0.25, 0.3) is 22.3 Å². The summed E-state index contributed by atoms with van der Waals surface area (Å²) < 4.78 is 7.66. The van der Waals surface area contributed by atoms with Crippen LogP contribution in [0.3, 0.4) is 0 Å². The predicted octanol–water partition coefficient (Wildman–Crippen LogP) is 5.00. The van der Waals surface area contributed by atoms with Gasteiger partial charge in [-0.05, 0) is 59.6 Å². The minimum Gasteiger partial charge on any atom is -0.378 e. The predicted molar refractivity (Wildman–Crippen MR) is 121 cm³/mol. The van der Waals surface area contributed by atoms with Crippen molar-refractivity contribution < 1.29 is 9.53 Å². The number of likely N-dealkylation sites (tertiary alicyclic amines) is 1. The molecule has 0 N–H and O–H groups in total. The van der Waals surface area contributed by atoms with Crippen molar-refractivity contribution in [2.24, 2.45) is 0 Å². The quantitative estimate of drug-likeness (QED) is 0.576. The van der Waals surface area contributed by atoms with Gasteiger partial charge >= 0.3 is 0 Å². The second-order valence-corrected chi connectivity index (χ2v) is 9.71. The molecule has 0 saturated carbocycles. The number of carbonyl (C=O) groups is 1. The van der Waals surface area contributed by atoms with Crippen molar-refractivity contribution in [1.29, 1.82) is 0 Å². The standard InChI is InChI=1S/C23H30N4O2S/c1-6-29-17-7-9-26(10-8-17)23(28)19-12-21(18-11-15(4)30-16(18)5)25-22-20(19)13-24-27(22)14(2)3/h11-14,17H,6-10H2,1-5H3. The van der Waals surface area contributed by atoms with E-state index in [1.54, 1.807) is 17.5 Å². The number of rotatable bonds is 5. The highest BCUT2D eigenvalue weighted by atomic mass is 32.1. The third-order valence-electron chi connectivity index (χ3n) is 5.73. The van der Waals surface area contributed by atoms with Gasteiger partial charge in [-0.2, -0.15) is 5.10 Å². The van der Waals surface area contributed by atoms with E-state index in [1.165, 1.54) is 9.75 Å². The molecule has 30 heavy (non-hydrogen) atoms. The van der Waals surface area contributed by atoms with E-state index < -0.39 is 0 Å². The van der Waals surface area contributed by atoms with Gasteiger partial charge in [0.15, 0.2) is 5.65 Å². The molecule has 160 valence electrons. The summed E-state index contributed by atoms with van der Waals surface area (Å²) in [6.07, 6.45) is 3.81. The summed E-state index contributed by atoms with van der Waals surface area (Å²) in [5.74, 6) is 0.0616. The van der Waals surface area contributed by atoms with Crippen LogP contribution in [0.5, 0.6) is 0 Å². The molecule has 4 rings (SSSR count). The molecule has 6 nitrogen and oxygen atoms in total. The van der Waals surface area contributed by atoms with E-state index in [0.717, 1.165) is 54.8 Å². The largest absolute Gasteiger partial charge is 0.378 e. The van der Waals surface area contributed by atoms with Gasteiger partial charge in [0.2, 0.25) is 0 Å². The first-order valence-electron chi connectivity index (χ1n) is 10.8. The highest BCUT2D eigenvalue weighted by Gasteiger charge is 2.27. The van der Waals surface area contributed by atoms with Crippen molar-refractivity contribution in [3.63, 3.8) is 0 Å². The van der Waals surface area contributed by atoms with E-state index in [1.807, 2.05) is 22.6 Å². The van der Waals surface area contributed by atoms with Gasteiger partial charge in [-0.3, -0.25) is 4.79 Å². The molecule has 1 aliphatic rings. The molecule has 7 heteroatoms. The van der Waals surface area contributed by atoms with Crippen molar-refractivity contribution in [3.05, 3.63) is 33.6 Å². The smallest absolute Gasteiger partial charge is 0.254 e. The van der Waals surface area contributed by atoms with E-state index in [2.05, 4.69) is 38.9 Å². The average Bonchev–Trinajstić information content (AvgIpc) is 3.30. The number of hydrogen-bond acceptors (Lipinski definition) is 5. The van der Waals surface area contributed by atoms with Gasteiger partial charge in [0.05, 0.1) is 28.9 Å². The normalized spacial score (nSPS) is 15.5. The van der Waals surface area contributed by atoms with Crippen LogP contribution in [0, 0.1) is 13.8 Å². The third kappa shape index (κ3) is 3.88. The molecule has 4 heterocycles. The van der Waals surface area contributed by atoms with Gasteiger partial charge in [-0.15, -0.1) is 11.3 Å². The zero-order chi connectivity index (χ0) is 21.4. The fraction of sp³-hybridized carbons (Fsp3) is 0.522. The fourth-order valence-corrected chi connectivity index (χ4v) is 5.16. The lowest BCUT2D eigenvalue weighted by Crippen LogP contribution is -2.41. The summed E-state index contributed by atoms with van der Waals surface area (Å²) in [5.41, 5.74) is 3.41. The van der Waals surface area contributed by atoms with Gasteiger partial charge < -0.3 is 9.64 Å². The summed E-state index contributed by atoms with van der Waals surface area (Å²) >= 11 is 1.76. The Hall–Kier alpha value is -2.25. The van der Waals surface area contributed by atoms with Gasteiger partial charge in [0.25, 0.3) is 5.91 Å². The molecule has 3 aromatic rings. The van der Waals surface area contributed by atoms with Crippen LogP contribution in [0.2, 0.25) is 0 Å². The van der Waals surface area contributed by atoms with Crippen molar-refractivity contribution in [3.8, 4) is 11.3 Å². The maximum absolute atomic E-state index is 13.6. The van der Waals surface area contributed by atoms with Crippen LogP contribution < -0.4 is 0 Å². The van der Waals surface area contributed by atoms with E-state index in [9.17, 15) is 4.79 Å². The topological polar surface area (TPSA) is 60.2 Å². The van der Waals surface area contributed by atoms with Crippen molar-refractivity contribution >= 4 is 28.3 Å². The van der Waals surface area contributed by atoms with E-state index in [0.29, 0.717) is 5.56 Å². The molecular weight excluding hydrogens is 396 g/mol. The Labute approximate surface area is 181 Å². The summed E-state index contributed by atoms with van der Waals surface area (Å²) in [7, 11) is 0. The first kappa shape index (κ1) is 21.0. The number of nitrogens with zero attached hydrogens (tertiary/aromatic N) is 4. The zero-order valence-electron chi connectivity index (χ0n) is 18.4. The van der Waals surface area contributed by atoms with Gasteiger partial charge in [0, 0.05) is 41.1 Å². The minimum atomic E-state index is 0.0616. The number of thiophene rings is 1. The van der Waals surface area contributed by atoms with Crippen molar-refractivity contribution in [1.82, 2.24) is 19.7 Å². The number of ether oxygens (including phenoxy) is 1. The molecule has 0 radical (unpaired) electrons. The Morgan fingerprint density at radius 1 is 1.27 bits per heavy atom. The molecule has 0 atom stereocenters. The third-order valence-corrected chi connectivity index (χ3v) is 6.70. The lowest BCUT2D eigenvalue weighted by molar-refractivity contribution is 0.0146. The van der Waals surface area contributed by atoms with Crippen LogP contribution in [-0.4, -0.2) is 51.4 Å². The second-order valence-electron chi connectivity index (χ2n) is 8.25. The average molecular weight is 427 g/mol. The number of aryl methyl sites for hydroxylation is 2. The highest BCUT2D eigenvalue weighted by molar-refractivity contribution is 7.12. The lowest BCUT2D eigenvalue weighted by Gasteiger charge is -2.32. The molecule has 0 aromatic carbocycles. The van der Waals surface area contributed by atoms with E-state index in [-0.39, 0.29) is 18.1 Å². The van der Waals surface area contributed by atoms with Crippen molar-refractivity contribution in [2.75, 3.05) is 19.7 Å². The number of pyridine rings is 1. The Bertz CT molecular complexity index is 1060. The number of hydrogen-bond donors (Lipinski definition) is 0. The van der Waals surface area contributed by atoms with Crippen LogP contribution in [0.1, 0.15) is 59.8 Å². The number of fused-ring (bicyclic) bond motifs is 1. The SMILES string of the molecule is CCOC1CCN(C(=O)c2cc(-c3cc(C)sc3C)nc3c2cnn3C(C)C)CC1. The molecule has 3 aromatic heterocycles. The molecule has 1 amide bonds. The Morgan fingerprint density at radius 3 is 2.60 bits per heavy atom. The first-order valence-corrected chi connectivity index (χ1v) is 11.6. The molecule has 0 unspecified atom stereocenters. The van der Waals surface area contributed by atoms with Gasteiger partial charge in [-0.25, -0.2) is 9.67 Å². The zero-order valence-corrected chi connectivity index (χ0v) is 19.3. The fourth-order valence-electron chi connectivity index (χ4n) is 4.23. The second kappa shape index (κ2) is 8.47. The summed E-state index contributed by atoms with van der Waals surface area (Å²) in [6, 6.07) is 4.28. The van der Waals surface area contributed by atoms with Crippen LogP contribution in [0.4, 0.5) is 0 Å². The Kier molecular flexibility index (Phi) is 5.93. The number of piperidine rings is 1.